The fraction of sp³-hybridized carbons (Fsp3) is 0.0588. The number of hydrogen-bond acceptors (Lipinski definition) is 4. The number of methoxy groups -OCH3 is 1. The Morgan fingerprint density at radius 2 is 1.86 bits per heavy atom. The van der Waals surface area contributed by atoms with Gasteiger partial charge in [-0.25, -0.2) is 14.4 Å². The van der Waals surface area contributed by atoms with E-state index in [1.54, 1.807) is 25.4 Å². The fourth-order valence-corrected chi connectivity index (χ4v) is 2.10. The van der Waals surface area contributed by atoms with E-state index in [4.69, 9.17) is 4.74 Å². The Bertz CT molecular complexity index is 778. The molecular weight excluding hydrogens is 281 g/mol. The highest BCUT2D eigenvalue weighted by Crippen LogP contribution is 2.29. The molecule has 22 heavy (non-hydrogen) atoms. The summed E-state index contributed by atoms with van der Waals surface area (Å²) in [6.45, 7) is 0. The van der Waals surface area contributed by atoms with Gasteiger partial charge in [0.25, 0.3) is 0 Å². The summed E-state index contributed by atoms with van der Waals surface area (Å²) in [7, 11) is 1.54. The lowest BCUT2D eigenvalue weighted by Gasteiger charge is -2.10. The molecule has 1 N–H and O–H groups in total. The van der Waals surface area contributed by atoms with Crippen LogP contribution in [0.2, 0.25) is 0 Å². The smallest absolute Gasteiger partial charge is 0.227 e. The standard InChI is InChI=1S/C17H14FN3O/c1-22-16-8-7-12(18)11-14(16)15-9-10-19-17(21-15)20-13-5-3-2-4-6-13/h2-11H,1H3,(H,19,20,21). The maximum Gasteiger partial charge on any atom is 0.227 e. The highest BCUT2D eigenvalue weighted by atomic mass is 19.1. The molecule has 1 heterocycles. The molecule has 0 spiro atoms. The summed E-state index contributed by atoms with van der Waals surface area (Å²) in [6.07, 6.45) is 1.62. The number of anilines is 2. The van der Waals surface area contributed by atoms with Gasteiger partial charge in [-0.15, -0.1) is 0 Å². The minimum absolute atomic E-state index is 0.341. The molecule has 0 bridgehead atoms. The maximum atomic E-state index is 13.5. The number of nitrogens with one attached hydrogen (secondary N) is 1. The lowest BCUT2D eigenvalue weighted by molar-refractivity contribution is 0.415. The molecule has 0 saturated carbocycles. The van der Waals surface area contributed by atoms with Gasteiger partial charge < -0.3 is 10.1 Å². The van der Waals surface area contributed by atoms with Crippen LogP contribution in [0.3, 0.4) is 0 Å². The van der Waals surface area contributed by atoms with E-state index in [-0.39, 0.29) is 5.82 Å². The van der Waals surface area contributed by atoms with E-state index in [0.29, 0.717) is 23.0 Å². The van der Waals surface area contributed by atoms with Crippen molar-refractivity contribution in [3.8, 4) is 17.0 Å². The highest BCUT2D eigenvalue weighted by molar-refractivity contribution is 5.68. The molecule has 0 fully saturated rings. The van der Waals surface area contributed by atoms with Crippen LogP contribution in [-0.2, 0) is 0 Å². The molecule has 110 valence electrons. The summed E-state index contributed by atoms with van der Waals surface area (Å²) in [5, 5.41) is 3.11. The van der Waals surface area contributed by atoms with E-state index in [2.05, 4.69) is 15.3 Å². The Labute approximate surface area is 127 Å². The lowest BCUT2D eigenvalue weighted by Crippen LogP contribution is -1.98. The minimum Gasteiger partial charge on any atom is -0.496 e. The van der Waals surface area contributed by atoms with Crippen LogP contribution in [0.1, 0.15) is 0 Å². The topological polar surface area (TPSA) is 47.0 Å². The second-order valence-electron chi connectivity index (χ2n) is 4.60. The van der Waals surface area contributed by atoms with E-state index in [9.17, 15) is 4.39 Å². The molecule has 0 unspecified atom stereocenters. The third-order valence-corrected chi connectivity index (χ3v) is 3.12. The quantitative estimate of drug-likeness (QED) is 0.789. The number of para-hydroxylation sites is 1. The van der Waals surface area contributed by atoms with Crippen molar-refractivity contribution in [2.45, 2.75) is 0 Å². The van der Waals surface area contributed by atoms with E-state index >= 15 is 0 Å². The van der Waals surface area contributed by atoms with Crippen LogP contribution in [0.25, 0.3) is 11.3 Å². The Morgan fingerprint density at radius 3 is 2.64 bits per heavy atom. The number of rotatable bonds is 4. The third kappa shape index (κ3) is 3.03. The first-order valence-electron chi connectivity index (χ1n) is 6.75. The summed E-state index contributed by atoms with van der Waals surface area (Å²) in [5.74, 6) is 0.660. The van der Waals surface area contributed by atoms with Gasteiger partial charge in [0.2, 0.25) is 5.95 Å². The molecule has 3 aromatic rings. The summed E-state index contributed by atoms with van der Waals surface area (Å²) < 4.78 is 18.8. The van der Waals surface area contributed by atoms with Gasteiger partial charge in [-0.3, -0.25) is 0 Å². The van der Waals surface area contributed by atoms with Gasteiger partial charge in [0.1, 0.15) is 11.6 Å². The molecule has 4 nitrogen and oxygen atoms in total. The summed E-state index contributed by atoms with van der Waals surface area (Å²) >= 11 is 0. The van der Waals surface area contributed by atoms with Crippen LogP contribution in [0, 0.1) is 5.82 Å². The van der Waals surface area contributed by atoms with Crippen molar-refractivity contribution in [1.29, 1.82) is 0 Å². The highest BCUT2D eigenvalue weighted by Gasteiger charge is 2.10. The predicted molar refractivity (Wildman–Crippen MR) is 83.7 cm³/mol. The van der Waals surface area contributed by atoms with Gasteiger partial charge in [0, 0.05) is 17.4 Å². The first kappa shape index (κ1) is 14.0. The molecule has 0 radical (unpaired) electrons. The monoisotopic (exact) mass is 295 g/mol. The van der Waals surface area contributed by atoms with Crippen molar-refractivity contribution >= 4 is 11.6 Å². The summed E-state index contributed by atoms with van der Waals surface area (Å²) in [4.78, 5) is 8.60. The van der Waals surface area contributed by atoms with E-state index in [1.165, 1.54) is 12.1 Å². The van der Waals surface area contributed by atoms with Crippen LogP contribution in [0.15, 0.2) is 60.8 Å². The molecule has 0 aliphatic heterocycles. The SMILES string of the molecule is COc1ccc(F)cc1-c1ccnc(Nc2ccccc2)n1. The number of hydrogen-bond donors (Lipinski definition) is 1. The first-order valence-corrected chi connectivity index (χ1v) is 6.75. The molecule has 0 aliphatic rings. The number of nitrogens with zero attached hydrogens (tertiary/aromatic N) is 2. The van der Waals surface area contributed by atoms with Crippen molar-refractivity contribution in [2.24, 2.45) is 0 Å². The zero-order chi connectivity index (χ0) is 15.4. The third-order valence-electron chi connectivity index (χ3n) is 3.12. The average molecular weight is 295 g/mol. The van der Waals surface area contributed by atoms with Gasteiger partial charge in [-0.05, 0) is 36.4 Å². The summed E-state index contributed by atoms with van der Waals surface area (Å²) in [5.41, 5.74) is 2.05. The van der Waals surface area contributed by atoms with Crippen LogP contribution in [-0.4, -0.2) is 17.1 Å². The van der Waals surface area contributed by atoms with Crippen LogP contribution >= 0.6 is 0 Å². The fourth-order valence-electron chi connectivity index (χ4n) is 2.10. The Hall–Kier alpha value is -2.95. The van der Waals surface area contributed by atoms with Crippen molar-refractivity contribution in [3.05, 3.63) is 66.6 Å². The van der Waals surface area contributed by atoms with Crippen LogP contribution < -0.4 is 10.1 Å². The van der Waals surface area contributed by atoms with Gasteiger partial charge in [-0.1, -0.05) is 18.2 Å². The zero-order valence-electron chi connectivity index (χ0n) is 12.0. The van der Waals surface area contributed by atoms with Crippen LogP contribution in [0.5, 0.6) is 5.75 Å². The minimum atomic E-state index is -0.341. The summed E-state index contributed by atoms with van der Waals surface area (Å²) in [6, 6.07) is 15.6. The van der Waals surface area contributed by atoms with E-state index in [1.807, 2.05) is 30.3 Å². The second kappa shape index (κ2) is 6.22. The molecule has 1 aromatic heterocycles. The van der Waals surface area contributed by atoms with Crippen molar-refractivity contribution < 1.29 is 9.13 Å². The Morgan fingerprint density at radius 1 is 1.05 bits per heavy atom. The lowest BCUT2D eigenvalue weighted by atomic mass is 10.1. The van der Waals surface area contributed by atoms with Crippen molar-refractivity contribution in [3.63, 3.8) is 0 Å². The van der Waals surface area contributed by atoms with E-state index in [0.717, 1.165) is 5.69 Å². The number of benzene rings is 2. The molecule has 3 rings (SSSR count). The molecule has 0 atom stereocenters. The zero-order valence-corrected chi connectivity index (χ0v) is 12.0. The maximum absolute atomic E-state index is 13.5. The predicted octanol–water partition coefficient (Wildman–Crippen LogP) is 4.03. The number of ether oxygens (including phenoxy) is 1. The molecule has 0 saturated heterocycles. The number of aromatic nitrogens is 2. The molecular formula is C17H14FN3O. The normalized spacial score (nSPS) is 10.3. The molecule has 5 heteroatoms. The van der Waals surface area contributed by atoms with Gasteiger partial charge in [-0.2, -0.15) is 0 Å². The average Bonchev–Trinajstić information content (AvgIpc) is 2.56. The van der Waals surface area contributed by atoms with Crippen molar-refractivity contribution in [1.82, 2.24) is 9.97 Å². The van der Waals surface area contributed by atoms with Crippen LogP contribution in [0.4, 0.5) is 16.0 Å². The molecule has 0 aliphatic carbocycles. The van der Waals surface area contributed by atoms with Gasteiger partial charge in [0.05, 0.1) is 12.8 Å². The van der Waals surface area contributed by atoms with Crippen molar-refractivity contribution in [2.75, 3.05) is 12.4 Å². The van der Waals surface area contributed by atoms with Gasteiger partial charge in [0.15, 0.2) is 0 Å². The van der Waals surface area contributed by atoms with Gasteiger partial charge >= 0.3 is 0 Å². The Balaban J connectivity index is 1.96. The molecule has 0 amide bonds. The Kier molecular flexibility index (Phi) is 3.96. The molecule has 2 aromatic carbocycles. The largest absolute Gasteiger partial charge is 0.496 e. The first-order chi connectivity index (χ1) is 10.8. The van der Waals surface area contributed by atoms with E-state index < -0.39 is 0 Å². The second-order valence-corrected chi connectivity index (χ2v) is 4.60. The number of halogens is 1.